The van der Waals surface area contributed by atoms with Crippen molar-refractivity contribution in [3.8, 4) is 0 Å². The van der Waals surface area contributed by atoms with E-state index in [0.29, 0.717) is 18.4 Å². The van der Waals surface area contributed by atoms with Crippen LogP contribution >= 0.6 is 0 Å². The summed E-state index contributed by atoms with van der Waals surface area (Å²) in [5.74, 6) is 0.579. The van der Waals surface area contributed by atoms with Gasteiger partial charge in [-0.3, -0.25) is 4.79 Å². The summed E-state index contributed by atoms with van der Waals surface area (Å²) in [5.41, 5.74) is 0.0137. The number of hydrogen-bond donors (Lipinski definition) is 1. The van der Waals surface area contributed by atoms with Gasteiger partial charge in [0.15, 0.2) is 5.82 Å². The van der Waals surface area contributed by atoms with Crippen molar-refractivity contribution in [2.75, 3.05) is 24.5 Å². The molecule has 0 aliphatic carbocycles. The number of likely N-dealkylation sites (N-methyl/N-ethyl adjacent to an activating group) is 1. The van der Waals surface area contributed by atoms with Gasteiger partial charge in [-0.1, -0.05) is 0 Å². The third-order valence-electron chi connectivity index (χ3n) is 3.52. The number of nitrogens with zero attached hydrogens (tertiary/aromatic N) is 3. The standard InChI is InChI=1S/C13H22N4O/c1-3-16-9-8-15-12(13(16)18)17(4-2)10-11-6-5-7-14-11/h8-9,11,14H,3-7,10H2,1-2H3. The van der Waals surface area contributed by atoms with Crippen LogP contribution in [0.25, 0.3) is 0 Å². The summed E-state index contributed by atoms with van der Waals surface area (Å²) >= 11 is 0. The molecule has 1 unspecified atom stereocenters. The Hall–Kier alpha value is -1.36. The summed E-state index contributed by atoms with van der Waals surface area (Å²) in [4.78, 5) is 18.6. The monoisotopic (exact) mass is 250 g/mol. The smallest absolute Gasteiger partial charge is 0.293 e. The maximum absolute atomic E-state index is 12.2. The van der Waals surface area contributed by atoms with Gasteiger partial charge in [-0.25, -0.2) is 4.98 Å². The fourth-order valence-corrected chi connectivity index (χ4v) is 2.45. The highest BCUT2D eigenvalue weighted by Crippen LogP contribution is 2.10. The minimum Gasteiger partial charge on any atom is -0.351 e. The van der Waals surface area contributed by atoms with Crippen molar-refractivity contribution < 1.29 is 0 Å². The molecule has 0 spiro atoms. The van der Waals surface area contributed by atoms with Crippen LogP contribution in [0.3, 0.4) is 0 Å². The highest BCUT2D eigenvalue weighted by atomic mass is 16.1. The predicted molar refractivity (Wildman–Crippen MR) is 73.1 cm³/mol. The molecule has 1 aromatic rings. The van der Waals surface area contributed by atoms with Crippen molar-refractivity contribution in [1.82, 2.24) is 14.9 Å². The third kappa shape index (κ3) is 2.72. The van der Waals surface area contributed by atoms with Crippen LogP contribution in [0.15, 0.2) is 17.2 Å². The lowest BCUT2D eigenvalue weighted by Gasteiger charge is -2.25. The Labute approximate surface area is 108 Å². The van der Waals surface area contributed by atoms with E-state index in [1.54, 1.807) is 17.0 Å². The summed E-state index contributed by atoms with van der Waals surface area (Å²) in [5, 5.41) is 3.46. The van der Waals surface area contributed by atoms with E-state index in [2.05, 4.69) is 22.1 Å². The first-order chi connectivity index (χ1) is 8.76. The van der Waals surface area contributed by atoms with Crippen molar-refractivity contribution in [1.29, 1.82) is 0 Å². The molecule has 2 heterocycles. The van der Waals surface area contributed by atoms with Crippen LogP contribution in [-0.2, 0) is 6.54 Å². The molecular formula is C13H22N4O. The quantitative estimate of drug-likeness (QED) is 0.841. The number of rotatable bonds is 5. The van der Waals surface area contributed by atoms with Gasteiger partial charge in [0.05, 0.1) is 0 Å². The van der Waals surface area contributed by atoms with E-state index in [-0.39, 0.29) is 5.56 Å². The molecule has 0 aromatic carbocycles. The van der Waals surface area contributed by atoms with Crippen molar-refractivity contribution in [2.24, 2.45) is 0 Å². The van der Waals surface area contributed by atoms with Crippen LogP contribution in [0.2, 0.25) is 0 Å². The first kappa shape index (κ1) is 13.1. The maximum Gasteiger partial charge on any atom is 0.293 e. The van der Waals surface area contributed by atoms with Crippen LogP contribution in [0, 0.1) is 0 Å². The number of aromatic nitrogens is 2. The van der Waals surface area contributed by atoms with Crippen LogP contribution in [0.4, 0.5) is 5.82 Å². The van der Waals surface area contributed by atoms with Crippen LogP contribution < -0.4 is 15.8 Å². The highest BCUT2D eigenvalue weighted by Gasteiger charge is 2.19. The molecule has 1 fully saturated rings. The molecule has 0 bridgehead atoms. The minimum atomic E-state index is 0.0137. The lowest BCUT2D eigenvalue weighted by molar-refractivity contribution is 0.579. The Morgan fingerprint density at radius 3 is 3.00 bits per heavy atom. The zero-order valence-corrected chi connectivity index (χ0v) is 11.2. The predicted octanol–water partition coefficient (Wildman–Crippen LogP) is 0.841. The van der Waals surface area contributed by atoms with Gasteiger partial charge in [0.1, 0.15) is 0 Å². The van der Waals surface area contributed by atoms with Gasteiger partial charge in [0.2, 0.25) is 0 Å². The molecule has 1 aliphatic rings. The van der Waals surface area contributed by atoms with Gasteiger partial charge in [-0.05, 0) is 33.2 Å². The normalized spacial score (nSPS) is 19.1. The second kappa shape index (κ2) is 6.00. The lowest BCUT2D eigenvalue weighted by Crippen LogP contribution is -2.41. The maximum atomic E-state index is 12.2. The average molecular weight is 250 g/mol. The van der Waals surface area contributed by atoms with E-state index in [9.17, 15) is 4.79 Å². The first-order valence-electron chi connectivity index (χ1n) is 6.80. The molecule has 2 rings (SSSR count). The van der Waals surface area contributed by atoms with E-state index >= 15 is 0 Å². The number of aryl methyl sites for hydroxylation is 1. The topological polar surface area (TPSA) is 50.2 Å². The largest absolute Gasteiger partial charge is 0.351 e. The van der Waals surface area contributed by atoms with E-state index in [1.165, 1.54) is 12.8 Å². The number of nitrogens with one attached hydrogen (secondary N) is 1. The van der Waals surface area contributed by atoms with E-state index in [0.717, 1.165) is 19.6 Å². The second-order valence-corrected chi connectivity index (χ2v) is 4.67. The van der Waals surface area contributed by atoms with Crippen LogP contribution in [0.5, 0.6) is 0 Å². The van der Waals surface area contributed by atoms with E-state index in [4.69, 9.17) is 0 Å². The molecule has 1 N–H and O–H groups in total. The molecule has 1 atom stereocenters. The zero-order valence-electron chi connectivity index (χ0n) is 11.2. The van der Waals surface area contributed by atoms with Crippen molar-refractivity contribution in [3.05, 3.63) is 22.7 Å². The molecule has 1 saturated heterocycles. The number of hydrogen-bond acceptors (Lipinski definition) is 4. The average Bonchev–Trinajstić information content (AvgIpc) is 2.89. The lowest BCUT2D eigenvalue weighted by atomic mass is 10.2. The summed E-state index contributed by atoms with van der Waals surface area (Å²) < 4.78 is 1.70. The Morgan fingerprint density at radius 2 is 2.39 bits per heavy atom. The summed E-state index contributed by atoms with van der Waals surface area (Å²) in [6, 6.07) is 0.487. The highest BCUT2D eigenvalue weighted by molar-refractivity contribution is 5.35. The molecule has 100 valence electrons. The summed E-state index contributed by atoms with van der Waals surface area (Å²) in [7, 11) is 0. The Balaban J connectivity index is 2.18. The van der Waals surface area contributed by atoms with Gasteiger partial charge < -0.3 is 14.8 Å². The molecule has 0 amide bonds. The second-order valence-electron chi connectivity index (χ2n) is 4.67. The van der Waals surface area contributed by atoms with Gasteiger partial charge in [0, 0.05) is 38.1 Å². The fraction of sp³-hybridized carbons (Fsp3) is 0.692. The molecule has 0 radical (unpaired) electrons. The zero-order chi connectivity index (χ0) is 13.0. The SMILES string of the molecule is CCN(CC1CCCN1)c1nccn(CC)c1=O. The van der Waals surface area contributed by atoms with Gasteiger partial charge in [0.25, 0.3) is 5.56 Å². The van der Waals surface area contributed by atoms with Crippen molar-refractivity contribution in [3.63, 3.8) is 0 Å². The molecule has 1 aromatic heterocycles. The van der Waals surface area contributed by atoms with Crippen molar-refractivity contribution in [2.45, 2.75) is 39.3 Å². The molecule has 18 heavy (non-hydrogen) atoms. The third-order valence-corrected chi connectivity index (χ3v) is 3.52. The van der Waals surface area contributed by atoms with E-state index in [1.807, 2.05) is 6.92 Å². The summed E-state index contributed by atoms with van der Waals surface area (Å²) in [6.45, 7) is 7.50. The minimum absolute atomic E-state index is 0.0137. The molecule has 1 aliphatic heterocycles. The molecule has 0 saturated carbocycles. The van der Waals surface area contributed by atoms with Gasteiger partial charge in [-0.15, -0.1) is 0 Å². The van der Waals surface area contributed by atoms with Gasteiger partial charge in [-0.2, -0.15) is 0 Å². The van der Waals surface area contributed by atoms with Crippen LogP contribution in [0.1, 0.15) is 26.7 Å². The van der Waals surface area contributed by atoms with Crippen molar-refractivity contribution >= 4 is 5.82 Å². The molecule has 5 heteroatoms. The van der Waals surface area contributed by atoms with Gasteiger partial charge >= 0.3 is 0 Å². The fourth-order valence-electron chi connectivity index (χ4n) is 2.45. The Kier molecular flexibility index (Phi) is 4.36. The van der Waals surface area contributed by atoms with Crippen LogP contribution in [-0.4, -0.2) is 35.2 Å². The first-order valence-corrected chi connectivity index (χ1v) is 6.80. The summed E-state index contributed by atoms with van der Waals surface area (Å²) in [6.07, 6.45) is 5.87. The molecular weight excluding hydrogens is 228 g/mol. The Bertz CT molecular complexity index is 437. The molecule has 5 nitrogen and oxygen atoms in total. The van der Waals surface area contributed by atoms with E-state index < -0.39 is 0 Å². The Morgan fingerprint density at radius 1 is 1.56 bits per heavy atom. The number of anilines is 1.